The second-order valence-corrected chi connectivity index (χ2v) is 4.99. The average molecular weight is 453 g/mol. The Morgan fingerprint density at radius 1 is 1.08 bits per heavy atom. The Kier molecular flexibility index (Phi) is 9.46. The van der Waals surface area contributed by atoms with E-state index in [1.165, 1.54) is 0 Å². The summed E-state index contributed by atoms with van der Waals surface area (Å²) >= 11 is 0. The van der Waals surface area contributed by atoms with Crippen molar-refractivity contribution >= 4 is 29.9 Å². The van der Waals surface area contributed by atoms with Crippen LogP contribution in [0, 0.1) is 0 Å². The molecule has 2 rings (SSSR count). The minimum Gasteiger partial charge on any atom is -0.493 e. The molecular weight excluding hydrogens is 429 g/mol. The summed E-state index contributed by atoms with van der Waals surface area (Å²) in [6, 6.07) is 15.5. The molecule has 0 bridgehead atoms. The molecule has 0 saturated heterocycles. The highest BCUT2D eigenvalue weighted by molar-refractivity contribution is 14.0. The fourth-order valence-corrected chi connectivity index (χ4v) is 2.08. The molecule has 25 heavy (non-hydrogen) atoms. The lowest BCUT2D eigenvalue weighted by Crippen LogP contribution is -2.36. The maximum absolute atomic E-state index is 5.86. The van der Waals surface area contributed by atoms with Crippen molar-refractivity contribution in [2.24, 2.45) is 4.99 Å². The van der Waals surface area contributed by atoms with Crippen molar-refractivity contribution in [1.29, 1.82) is 0 Å². The van der Waals surface area contributed by atoms with Crippen molar-refractivity contribution in [3.05, 3.63) is 66.7 Å². The summed E-state index contributed by atoms with van der Waals surface area (Å²) in [6.45, 7) is 5.02. The van der Waals surface area contributed by atoms with Crippen molar-refractivity contribution in [1.82, 2.24) is 10.6 Å². The minimum absolute atomic E-state index is 0. The fraction of sp³-hybridized carbons (Fsp3) is 0.211. The Morgan fingerprint density at radius 2 is 1.76 bits per heavy atom. The quantitative estimate of drug-likeness (QED) is 0.289. The van der Waals surface area contributed by atoms with E-state index in [1.807, 2.05) is 48.5 Å². The van der Waals surface area contributed by atoms with E-state index in [0.29, 0.717) is 24.6 Å². The molecule has 0 aromatic heterocycles. The summed E-state index contributed by atoms with van der Waals surface area (Å²) in [7, 11) is 3.37. The van der Waals surface area contributed by atoms with Gasteiger partial charge in [0, 0.05) is 20.1 Å². The van der Waals surface area contributed by atoms with Crippen LogP contribution in [0.5, 0.6) is 17.2 Å². The van der Waals surface area contributed by atoms with Crippen LogP contribution in [0.1, 0.15) is 5.56 Å². The molecule has 0 heterocycles. The van der Waals surface area contributed by atoms with E-state index in [0.717, 1.165) is 17.3 Å². The van der Waals surface area contributed by atoms with Crippen LogP contribution >= 0.6 is 24.0 Å². The topological polar surface area (TPSA) is 54.9 Å². The molecule has 0 spiro atoms. The van der Waals surface area contributed by atoms with Gasteiger partial charge in [0.25, 0.3) is 0 Å². The van der Waals surface area contributed by atoms with Gasteiger partial charge in [-0.1, -0.05) is 30.3 Å². The van der Waals surface area contributed by atoms with Gasteiger partial charge >= 0.3 is 0 Å². The lowest BCUT2D eigenvalue weighted by Gasteiger charge is -2.12. The molecule has 0 aliphatic heterocycles. The summed E-state index contributed by atoms with van der Waals surface area (Å²) in [5, 5.41) is 6.37. The number of nitrogens with one attached hydrogen (secondary N) is 2. The molecule has 0 amide bonds. The van der Waals surface area contributed by atoms with E-state index in [4.69, 9.17) is 9.47 Å². The predicted molar refractivity (Wildman–Crippen MR) is 113 cm³/mol. The Hall–Kier alpha value is -2.22. The van der Waals surface area contributed by atoms with Gasteiger partial charge in [-0.25, -0.2) is 0 Å². The van der Waals surface area contributed by atoms with E-state index in [2.05, 4.69) is 22.2 Å². The van der Waals surface area contributed by atoms with E-state index in [9.17, 15) is 0 Å². The third-order valence-corrected chi connectivity index (χ3v) is 3.32. The second kappa shape index (κ2) is 11.4. The first-order valence-corrected chi connectivity index (χ1v) is 7.72. The molecule has 2 aromatic rings. The number of para-hydroxylation sites is 2. The number of aliphatic imine (C=N–C) groups is 1. The van der Waals surface area contributed by atoms with Gasteiger partial charge in [-0.15, -0.1) is 30.6 Å². The molecule has 0 fully saturated rings. The number of hydrogen-bond acceptors (Lipinski definition) is 3. The first-order chi connectivity index (χ1) is 11.8. The summed E-state index contributed by atoms with van der Waals surface area (Å²) in [5.74, 6) is 2.90. The molecule has 0 aliphatic rings. The summed E-state index contributed by atoms with van der Waals surface area (Å²) in [4.78, 5) is 4.14. The summed E-state index contributed by atoms with van der Waals surface area (Å²) in [6.07, 6.45) is 1.79. The Morgan fingerprint density at radius 3 is 2.36 bits per heavy atom. The van der Waals surface area contributed by atoms with Gasteiger partial charge in [0.05, 0.1) is 7.11 Å². The lowest BCUT2D eigenvalue weighted by molar-refractivity contribution is 0.379. The highest BCUT2D eigenvalue weighted by atomic mass is 127. The number of methoxy groups -OCH3 is 1. The van der Waals surface area contributed by atoms with Crippen LogP contribution in [-0.4, -0.2) is 26.7 Å². The summed E-state index contributed by atoms with van der Waals surface area (Å²) in [5.41, 5.74) is 1.13. The molecular formula is C19H24IN3O2. The van der Waals surface area contributed by atoms with E-state index >= 15 is 0 Å². The van der Waals surface area contributed by atoms with E-state index in [1.54, 1.807) is 20.2 Å². The van der Waals surface area contributed by atoms with Crippen LogP contribution in [-0.2, 0) is 6.54 Å². The van der Waals surface area contributed by atoms with Gasteiger partial charge in [-0.3, -0.25) is 4.99 Å². The normalized spacial score (nSPS) is 10.4. The zero-order chi connectivity index (χ0) is 17.2. The van der Waals surface area contributed by atoms with Crippen LogP contribution in [0.4, 0.5) is 0 Å². The molecule has 0 unspecified atom stereocenters. The van der Waals surface area contributed by atoms with Gasteiger partial charge < -0.3 is 20.1 Å². The summed E-state index contributed by atoms with van der Waals surface area (Å²) < 4.78 is 11.2. The molecule has 5 nitrogen and oxygen atoms in total. The molecule has 0 atom stereocenters. The second-order valence-electron chi connectivity index (χ2n) is 4.99. The zero-order valence-electron chi connectivity index (χ0n) is 14.5. The van der Waals surface area contributed by atoms with Crippen LogP contribution in [0.3, 0.4) is 0 Å². The molecule has 0 radical (unpaired) electrons. The van der Waals surface area contributed by atoms with Gasteiger partial charge in [0.15, 0.2) is 17.5 Å². The number of nitrogens with zero attached hydrogens (tertiary/aromatic N) is 1. The number of rotatable bonds is 7. The molecule has 134 valence electrons. The van der Waals surface area contributed by atoms with Crippen molar-refractivity contribution in [3.8, 4) is 17.2 Å². The lowest BCUT2D eigenvalue weighted by atomic mass is 10.2. The van der Waals surface area contributed by atoms with Crippen LogP contribution in [0.2, 0.25) is 0 Å². The fourth-order valence-electron chi connectivity index (χ4n) is 2.08. The van der Waals surface area contributed by atoms with Crippen molar-refractivity contribution in [2.75, 3.05) is 20.7 Å². The van der Waals surface area contributed by atoms with Gasteiger partial charge in [-0.05, 0) is 29.8 Å². The highest BCUT2D eigenvalue weighted by Gasteiger charge is 2.04. The molecule has 2 aromatic carbocycles. The molecule has 0 saturated carbocycles. The first-order valence-electron chi connectivity index (χ1n) is 7.72. The number of guanidine groups is 1. The van der Waals surface area contributed by atoms with Crippen LogP contribution in [0.15, 0.2) is 66.2 Å². The minimum atomic E-state index is 0. The number of benzene rings is 2. The van der Waals surface area contributed by atoms with E-state index in [-0.39, 0.29) is 24.0 Å². The van der Waals surface area contributed by atoms with Crippen molar-refractivity contribution in [3.63, 3.8) is 0 Å². The maximum atomic E-state index is 5.86. The van der Waals surface area contributed by atoms with Crippen LogP contribution in [0.25, 0.3) is 0 Å². The average Bonchev–Trinajstić information content (AvgIpc) is 2.63. The first kappa shape index (κ1) is 20.8. The highest BCUT2D eigenvalue weighted by Crippen LogP contribution is 2.30. The zero-order valence-corrected chi connectivity index (χ0v) is 16.8. The third kappa shape index (κ3) is 6.66. The number of ether oxygens (including phenoxy) is 2. The van der Waals surface area contributed by atoms with Gasteiger partial charge in [0.1, 0.15) is 5.75 Å². The molecule has 6 heteroatoms. The molecule has 0 aliphatic carbocycles. The Balaban J connectivity index is 0.00000312. The van der Waals surface area contributed by atoms with Gasteiger partial charge in [-0.2, -0.15) is 0 Å². The van der Waals surface area contributed by atoms with Crippen LogP contribution < -0.4 is 20.1 Å². The monoisotopic (exact) mass is 453 g/mol. The SMILES string of the molecule is C=CCNC(=NC)NCc1ccc(Oc2ccccc2OC)cc1.I. The number of hydrogen-bond donors (Lipinski definition) is 2. The third-order valence-electron chi connectivity index (χ3n) is 3.32. The predicted octanol–water partition coefficient (Wildman–Crippen LogP) is 3.96. The smallest absolute Gasteiger partial charge is 0.191 e. The largest absolute Gasteiger partial charge is 0.493 e. The standard InChI is InChI=1S/C19H23N3O2.HI/c1-4-13-21-19(20-2)22-14-15-9-11-16(12-10-15)24-18-8-6-5-7-17(18)23-3;/h4-12H,1,13-14H2,2-3H3,(H2,20,21,22);1H. The van der Waals surface area contributed by atoms with E-state index < -0.39 is 0 Å². The number of halogens is 1. The van der Waals surface area contributed by atoms with Crippen molar-refractivity contribution in [2.45, 2.75) is 6.54 Å². The Labute approximate surface area is 166 Å². The maximum Gasteiger partial charge on any atom is 0.191 e. The molecule has 2 N–H and O–H groups in total. The van der Waals surface area contributed by atoms with Crippen molar-refractivity contribution < 1.29 is 9.47 Å². The van der Waals surface area contributed by atoms with Gasteiger partial charge in [0.2, 0.25) is 0 Å². The Bertz CT molecular complexity index is 687.